The summed E-state index contributed by atoms with van der Waals surface area (Å²) in [4.78, 5) is 0. The molecule has 1 aliphatic heterocycles. The van der Waals surface area contributed by atoms with Gasteiger partial charge in [0.05, 0.1) is 6.07 Å². The number of para-hydroxylation sites is 2. The maximum atomic E-state index is 9.66. The second-order valence-electron chi connectivity index (χ2n) is 5.11. The fourth-order valence-corrected chi connectivity index (χ4v) is 2.52. The Morgan fingerprint density at radius 1 is 1.32 bits per heavy atom. The third-order valence-electron chi connectivity index (χ3n) is 3.70. The van der Waals surface area contributed by atoms with Crippen LogP contribution in [0.4, 0.5) is 0 Å². The van der Waals surface area contributed by atoms with Crippen LogP contribution in [-0.4, -0.2) is 12.2 Å². The minimum absolute atomic E-state index is 0.125. The van der Waals surface area contributed by atoms with Crippen molar-refractivity contribution in [3.05, 3.63) is 24.3 Å². The molecule has 0 saturated carbocycles. The van der Waals surface area contributed by atoms with Crippen LogP contribution in [-0.2, 0) is 0 Å². The van der Waals surface area contributed by atoms with Crippen molar-refractivity contribution >= 4 is 11.6 Å². The first-order valence-electron chi connectivity index (χ1n) is 6.53. The Bertz CT molecular complexity index is 458. The molecule has 1 aromatic carbocycles. The van der Waals surface area contributed by atoms with Crippen molar-refractivity contribution in [3.63, 3.8) is 0 Å². The standard InChI is InChI=1S/C15H18ClNO2/c1-11(2)15(10-17,8-5-9-16)14-18-12-6-3-4-7-13(12)19-14/h3-4,6-7,11,14H,5,8-9H2,1-2H3. The molecule has 0 spiro atoms. The Hall–Kier alpha value is -1.40. The summed E-state index contributed by atoms with van der Waals surface area (Å²) in [5.41, 5.74) is -0.673. The van der Waals surface area contributed by atoms with Crippen LogP contribution in [0.25, 0.3) is 0 Å². The molecule has 102 valence electrons. The van der Waals surface area contributed by atoms with E-state index in [1.165, 1.54) is 0 Å². The minimum atomic E-state index is -0.673. The topological polar surface area (TPSA) is 42.2 Å². The molecule has 0 saturated heterocycles. The molecule has 0 bridgehead atoms. The average Bonchev–Trinajstić information content (AvgIpc) is 2.84. The van der Waals surface area contributed by atoms with Crippen molar-refractivity contribution in [1.82, 2.24) is 0 Å². The van der Waals surface area contributed by atoms with Crippen molar-refractivity contribution in [1.29, 1.82) is 5.26 Å². The van der Waals surface area contributed by atoms with E-state index in [1.807, 2.05) is 38.1 Å². The molecule has 1 heterocycles. The van der Waals surface area contributed by atoms with Crippen LogP contribution < -0.4 is 9.47 Å². The van der Waals surface area contributed by atoms with E-state index < -0.39 is 11.7 Å². The molecule has 4 heteroatoms. The maximum Gasteiger partial charge on any atom is 0.260 e. The molecular weight excluding hydrogens is 262 g/mol. The van der Waals surface area contributed by atoms with Gasteiger partial charge in [-0.25, -0.2) is 0 Å². The molecule has 1 aromatic rings. The Labute approximate surface area is 119 Å². The first-order chi connectivity index (χ1) is 9.14. The molecular formula is C15H18ClNO2. The fourth-order valence-electron chi connectivity index (χ4n) is 2.39. The second-order valence-corrected chi connectivity index (χ2v) is 5.49. The second kappa shape index (κ2) is 5.71. The maximum absolute atomic E-state index is 9.66. The van der Waals surface area contributed by atoms with E-state index >= 15 is 0 Å². The summed E-state index contributed by atoms with van der Waals surface area (Å²) in [6.45, 7) is 4.04. The zero-order chi connectivity index (χ0) is 13.9. The van der Waals surface area contributed by atoms with Crippen molar-refractivity contribution in [2.24, 2.45) is 11.3 Å². The average molecular weight is 280 g/mol. The monoisotopic (exact) mass is 279 g/mol. The van der Waals surface area contributed by atoms with Gasteiger partial charge in [-0.05, 0) is 30.9 Å². The summed E-state index contributed by atoms with van der Waals surface area (Å²) >= 11 is 5.77. The van der Waals surface area contributed by atoms with Crippen molar-refractivity contribution in [2.45, 2.75) is 33.0 Å². The molecule has 3 nitrogen and oxygen atoms in total. The number of nitriles is 1. The predicted octanol–water partition coefficient (Wildman–Crippen LogP) is 3.97. The number of rotatable bonds is 5. The summed E-state index contributed by atoms with van der Waals surface area (Å²) in [6.07, 6.45) is 0.883. The van der Waals surface area contributed by atoms with Crippen molar-refractivity contribution in [3.8, 4) is 17.6 Å². The van der Waals surface area contributed by atoms with E-state index in [1.54, 1.807) is 0 Å². The number of hydrogen-bond donors (Lipinski definition) is 0. The number of halogens is 1. The van der Waals surface area contributed by atoms with Gasteiger partial charge < -0.3 is 9.47 Å². The lowest BCUT2D eigenvalue weighted by molar-refractivity contribution is -0.0643. The zero-order valence-electron chi connectivity index (χ0n) is 11.2. The highest BCUT2D eigenvalue weighted by Gasteiger charge is 2.48. The summed E-state index contributed by atoms with van der Waals surface area (Å²) in [5.74, 6) is 2.08. The molecule has 0 fully saturated rings. The smallest absolute Gasteiger partial charge is 0.260 e. The largest absolute Gasteiger partial charge is 0.449 e. The first kappa shape index (κ1) is 14.0. The molecule has 0 amide bonds. The van der Waals surface area contributed by atoms with Gasteiger partial charge in [-0.2, -0.15) is 5.26 Å². The summed E-state index contributed by atoms with van der Waals surface area (Å²) in [6, 6.07) is 9.93. The van der Waals surface area contributed by atoms with Crippen LogP contribution in [0.1, 0.15) is 26.7 Å². The lowest BCUT2D eigenvalue weighted by Gasteiger charge is -2.34. The van der Waals surface area contributed by atoms with Crippen LogP contribution in [0.2, 0.25) is 0 Å². The quantitative estimate of drug-likeness (QED) is 0.766. The third-order valence-corrected chi connectivity index (χ3v) is 3.97. The van der Waals surface area contributed by atoms with Gasteiger partial charge in [0.1, 0.15) is 5.41 Å². The van der Waals surface area contributed by atoms with Crippen LogP contribution in [0.15, 0.2) is 24.3 Å². The molecule has 19 heavy (non-hydrogen) atoms. The zero-order valence-corrected chi connectivity index (χ0v) is 12.0. The van der Waals surface area contributed by atoms with E-state index in [-0.39, 0.29) is 5.92 Å². The van der Waals surface area contributed by atoms with Gasteiger partial charge in [-0.15, -0.1) is 11.6 Å². The van der Waals surface area contributed by atoms with Gasteiger partial charge in [0.15, 0.2) is 11.5 Å². The summed E-state index contributed by atoms with van der Waals surface area (Å²) in [5, 5.41) is 9.66. The van der Waals surface area contributed by atoms with Gasteiger partial charge in [0.25, 0.3) is 6.29 Å². The number of alkyl halides is 1. The molecule has 1 unspecified atom stereocenters. The number of ether oxygens (including phenoxy) is 2. The van der Waals surface area contributed by atoms with E-state index in [9.17, 15) is 5.26 Å². The normalized spacial score (nSPS) is 17.2. The predicted molar refractivity (Wildman–Crippen MR) is 74.3 cm³/mol. The highest BCUT2D eigenvalue weighted by molar-refractivity contribution is 6.17. The van der Waals surface area contributed by atoms with Crippen LogP contribution in [0.5, 0.6) is 11.5 Å². The number of benzene rings is 1. The van der Waals surface area contributed by atoms with E-state index in [0.29, 0.717) is 23.8 Å². The van der Waals surface area contributed by atoms with Gasteiger partial charge in [-0.3, -0.25) is 0 Å². The molecule has 1 aliphatic rings. The van der Waals surface area contributed by atoms with Crippen molar-refractivity contribution < 1.29 is 9.47 Å². The van der Waals surface area contributed by atoms with Crippen LogP contribution in [0.3, 0.4) is 0 Å². The lowest BCUT2D eigenvalue weighted by Crippen LogP contribution is -2.44. The molecule has 0 radical (unpaired) electrons. The highest BCUT2D eigenvalue weighted by Crippen LogP contribution is 2.45. The fraction of sp³-hybridized carbons (Fsp3) is 0.533. The van der Waals surface area contributed by atoms with E-state index in [0.717, 1.165) is 6.42 Å². The van der Waals surface area contributed by atoms with Gasteiger partial charge in [-0.1, -0.05) is 26.0 Å². The SMILES string of the molecule is CC(C)C(C#N)(CCCCl)C1Oc2ccccc2O1. The molecule has 1 atom stereocenters. The molecule has 0 aromatic heterocycles. The number of fused-ring (bicyclic) bond motifs is 1. The van der Waals surface area contributed by atoms with Gasteiger partial charge >= 0.3 is 0 Å². The minimum Gasteiger partial charge on any atom is -0.449 e. The Morgan fingerprint density at radius 2 is 1.89 bits per heavy atom. The molecule has 0 N–H and O–H groups in total. The number of nitrogens with zero attached hydrogens (tertiary/aromatic N) is 1. The first-order valence-corrected chi connectivity index (χ1v) is 7.07. The van der Waals surface area contributed by atoms with Crippen LogP contribution >= 0.6 is 11.6 Å². The molecule has 2 rings (SSSR count). The Kier molecular flexibility index (Phi) is 4.21. The van der Waals surface area contributed by atoms with Gasteiger partial charge in [0, 0.05) is 5.88 Å². The highest BCUT2D eigenvalue weighted by atomic mass is 35.5. The van der Waals surface area contributed by atoms with Crippen molar-refractivity contribution in [2.75, 3.05) is 5.88 Å². The lowest BCUT2D eigenvalue weighted by atomic mass is 9.74. The number of hydrogen-bond acceptors (Lipinski definition) is 3. The van der Waals surface area contributed by atoms with Crippen LogP contribution in [0, 0.1) is 22.7 Å². The summed E-state index contributed by atoms with van der Waals surface area (Å²) in [7, 11) is 0. The van der Waals surface area contributed by atoms with E-state index in [2.05, 4.69) is 6.07 Å². The Morgan fingerprint density at radius 3 is 2.32 bits per heavy atom. The Balaban J connectivity index is 2.25. The molecule has 0 aliphatic carbocycles. The van der Waals surface area contributed by atoms with E-state index in [4.69, 9.17) is 21.1 Å². The third kappa shape index (κ3) is 2.50. The van der Waals surface area contributed by atoms with Gasteiger partial charge in [0.2, 0.25) is 0 Å². The summed E-state index contributed by atoms with van der Waals surface area (Å²) < 4.78 is 11.7.